The zero-order chi connectivity index (χ0) is 62.7. The number of imidazole rings is 2. The highest BCUT2D eigenvalue weighted by Gasteiger charge is 2.30. The third-order valence-electron chi connectivity index (χ3n) is 16.4. The molecule has 2 amide bonds. The van der Waals surface area contributed by atoms with Crippen molar-refractivity contribution in [2.24, 2.45) is 0 Å². The van der Waals surface area contributed by atoms with Crippen molar-refractivity contribution >= 4 is 74.2 Å². The van der Waals surface area contributed by atoms with Crippen LogP contribution in [0.3, 0.4) is 0 Å². The predicted octanol–water partition coefficient (Wildman–Crippen LogP) is 8.04. The molecule has 2 atom stereocenters. The Hall–Kier alpha value is -12.0. The predicted molar refractivity (Wildman–Crippen MR) is 340 cm³/mol. The molecule has 8 heterocycles. The fourth-order valence-electron chi connectivity index (χ4n) is 11.8. The van der Waals surface area contributed by atoms with E-state index in [1.807, 2.05) is 76.0 Å². The van der Waals surface area contributed by atoms with Gasteiger partial charge >= 0.3 is 10.2 Å². The van der Waals surface area contributed by atoms with E-state index in [4.69, 9.17) is 42.9 Å². The van der Waals surface area contributed by atoms with Gasteiger partial charge < -0.3 is 22.1 Å². The standard InChI is InChI=1S/C66H52N18O6S/c1-3-38-9-10-41(31-43(38)36-85)65(87)74-53-19-11-40-34-47(15-17-48(40)53)84-62(51-8-5-27-70-60(51)68)73-56-22-24-58(77-64(56)84)82-30-25-45(78-82)35-80(2)91(89,90)79-52-18-13-42(32-44(52)37-86)66(88)75-54-20-12-39-33-46(14-16-49(39)54)83-61(50-7-4-26-69-59(50)67)72-55-21-23-57(76-63(55)83)81-29-6-28-71-81/h1,4-10,13-18,21-34,36-37,53-54,79H,11-12,19-20,35H2,2H3,(H2,67,69)(H2,68,70)(H,74,87)(H,75,88)/t53-,54-/m0/s1. The van der Waals surface area contributed by atoms with Crippen LogP contribution in [0.4, 0.5) is 17.3 Å². The number of rotatable bonds is 17. The van der Waals surface area contributed by atoms with Gasteiger partial charge in [-0.1, -0.05) is 18.1 Å². The molecule has 14 rings (SSSR count). The van der Waals surface area contributed by atoms with Gasteiger partial charge in [-0.15, -0.1) is 6.42 Å². The first-order valence-electron chi connectivity index (χ1n) is 28.8. The van der Waals surface area contributed by atoms with Crippen LogP contribution in [0.5, 0.6) is 0 Å². The lowest BCUT2D eigenvalue weighted by Gasteiger charge is -2.19. The number of nitrogens with two attached hydrogens (primary N) is 2. The minimum atomic E-state index is -4.30. The van der Waals surface area contributed by atoms with E-state index in [1.54, 1.807) is 71.9 Å². The van der Waals surface area contributed by atoms with Crippen molar-refractivity contribution in [3.8, 4) is 58.1 Å². The Morgan fingerprint density at radius 3 is 1.75 bits per heavy atom. The Labute approximate surface area is 518 Å². The van der Waals surface area contributed by atoms with Crippen LogP contribution in [-0.2, 0) is 29.6 Å². The van der Waals surface area contributed by atoms with Crippen LogP contribution >= 0.6 is 0 Å². The van der Waals surface area contributed by atoms with Crippen LogP contribution in [0.2, 0.25) is 0 Å². The zero-order valence-electron chi connectivity index (χ0n) is 48.3. The number of terminal acetylenes is 1. The number of benzene rings is 4. The van der Waals surface area contributed by atoms with Crippen LogP contribution in [0.1, 0.15) is 99.9 Å². The van der Waals surface area contributed by atoms with Gasteiger partial charge in [0.2, 0.25) is 0 Å². The number of nitrogens with zero attached hydrogens (tertiary/aromatic N) is 13. The molecule has 0 saturated heterocycles. The number of aryl methyl sites for hydroxylation is 2. The molecular weight excluding hydrogens is 1170 g/mol. The Kier molecular flexibility index (Phi) is 14.3. The Bertz CT molecular complexity index is 5130. The second-order valence-corrected chi connectivity index (χ2v) is 23.7. The van der Waals surface area contributed by atoms with Crippen molar-refractivity contribution in [3.63, 3.8) is 0 Å². The number of hydrogen-bond donors (Lipinski definition) is 5. The first-order valence-corrected chi connectivity index (χ1v) is 30.2. The molecule has 91 heavy (non-hydrogen) atoms. The molecule has 0 fully saturated rings. The molecule has 2 aliphatic rings. The Morgan fingerprint density at radius 1 is 0.648 bits per heavy atom. The zero-order valence-corrected chi connectivity index (χ0v) is 49.2. The fourth-order valence-corrected chi connectivity index (χ4v) is 12.7. The number of nitrogens with one attached hydrogen (secondary N) is 3. The first kappa shape index (κ1) is 56.8. The maximum absolute atomic E-state index is 13.9. The summed E-state index contributed by atoms with van der Waals surface area (Å²) in [6, 6.07) is 38.1. The number of anilines is 3. The van der Waals surface area contributed by atoms with Gasteiger partial charge in [0.15, 0.2) is 47.2 Å². The number of carbonyl (C=O) groups is 4. The summed E-state index contributed by atoms with van der Waals surface area (Å²) in [7, 11) is -2.93. The van der Waals surface area contributed by atoms with Gasteiger partial charge in [0.25, 0.3) is 11.8 Å². The SMILES string of the molecule is C#Cc1ccc(C(=O)N[C@H]2CCc3cc(-n4c(-c5cccnc5N)nc5ccc(-n6ccc(CN(C)S(=O)(=O)Nc7ccc(C(=O)N[C@H]8CCc9cc(-n%10c(-c%11cccnc%11N)nc%11ccc(-n%12cccn%12)nc%11%10)ccc98)cc7C=O)n6)nc54)ccc32)cc1C=O. The van der Waals surface area contributed by atoms with Gasteiger partial charge in [-0.2, -0.15) is 22.9 Å². The lowest BCUT2D eigenvalue weighted by molar-refractivity contribution is 0.0928. The summed E-state index contributed by atoms with van der Waals surface area (Å²) in [6.07, 6.45) is 17.6. The average Bonchev–Trinajstić information content (AvgIpc) is 1.67. The van der Waals surface area contributed by atoms with Crippen molar-refractivity contribution < 1.29 is 27.6 Å². The summed E-state index contributed by atoms with van der Waals surface area (Å²) < 4.78 is 38.5. The number of carbonyl (C=O) groups excluding carboxylic acids is 4. The summed E-state index contributed by atoms with van der Waals surface area (Å²) in [5, 5.41) is 15.3. The average molecular weight is 1230 g/mol. The second kappa shape index (κ2) is 22.9. The summed E-state index contributed by atoms with van der Waals surface area (Å²) in [5.41, 5.74) is 23.1. The smallest absolute Gasteiger partial charge is 0.301 e. The molecule has 2 aliphatic carbocycles. The molecule has 0 bridgehead atoms. The molecule has 0 aliphatic heterocycles. The normalized spacial score (nSPS) is 14.3. The van der Waals surface area contributed by atoms with Crippen LogP contribution in [0.15, 0.2) is 164 Å². The summed E-state index contributed by atoms with van der Waals surface area (Å²) in [6.45, 7) is -0.175. The largest absolute Gasteiger partial charge is 0.383 e. The number of aldehydes is 2. The van der Waals surface area contributed by atoms with Crippen LogP contribution in [0, 0.1) is 12.3 Å². The Morgan fingerprint density at radius 2 is 1.21 bits per heavy atom. The highest BCUT2D eigenvalue weighted by Crippen LogP contribution is 2.39. The lowest BCUT2D eigenvalue weighted by Crippen LogP contribution is -2.32. The molecule has 0 spiro atoms. The van der Waals surface area contributed by atoms with E-state index >= 15 is 0 Å². The molecule has 8 aromatic heterocycles. The van der Waals surface area contributed by atoms with E-state index in [0.29, 0.717) is 118 Å². The maximum atomic E-state index is 13.9. The van der Waals surface area contributed by atoms with Gasteiger partial charge in [-0.05, 0) is 169 Å². The molecule has 0 unspecified atom stereocenters. The van der Waals surface area contributed by atoms with E-state index in [9.17, 15) is 27.6 Å². The molecule has 0 saturated carbocycles. The maximum Gasteiger partial charge on any atom is 0.301 e. The fraction of sp³-hybridized carbons (Fsp3) is 0.121. The van der Waals surface area contributed by atoms with E-state index in [0.717, 1.165) is 37.9 Å². The number of nitrogen functional groups attached to an aromatic ring is 2. The Balaban J connectivity index is 0.665. The van der Waals surface area contributed by atoms with E-state index in [1.165, 1.54) is 36.0 Å². The minimum Gasteiger partial charge on any atom is -0.383 e. The van der Waals surface area contributed by atoms with Crippen LogP contribution in [0.25, 0.3) is 68.1 Å². The molecule has 24 nitrogen and oxygen atoms in total. The number of pyridine rings is 4. The molecule has 7 N–H and O–H groups in total. The summed E-state index contributed by atoms with van der Waals surface area (Å²) >= 11 is 0. The first-order chi connectivity index (χ1) is 44.2. The monoisotopic (exact) mass is 1220 g/mol. The molecule has 448 valence electrons. The highest BCUT2D eigenvalue weighted by molar-refractivity contribution is 7.90. The van der Waals surface area contributed by atoms with Crippen molar-refractivity contribution in [3.05, 3.63) is 220 Å². The third kappa shape index (κ3) is 10.5. The van der Waals surface area contributed by atoms with Crippen molar-refractivity contribution in [1.82, 2.24) is 73.5 Å². The summed E-state index contributed by atoms with van der Waals surface area (Å²) in [4.78, 5) is 80.3. The molecular formula is C66H52N18O6S. The molecule has 12 aromatic rings. The van der Waals surface area contributed by atoms with Crippen molar-refractivity contribution in [1.29, 1.82) is 0 Å². The third-order valence-corrected chi connectivity index (χ3v) is 17.8. The van der Waals surface area contributed by atoms with E-state index in [-0.39, 0.29) is 52.7 Å². The molecule has 25 heteroatoms. The molecule has 0 radical (unpaired) electrons. The number of hydrogen-bond acceptors (Lipinski definition) is 16. The lowest BCUT2D eigenvalue weighted by atomic mass is 10.0. The van der Waals surface area contributed by atoms with Crippen LogP contribution in [-0.4, -0.2) is 103 Å². The summed E-state index contributed by atoms with van der Waals surface area (Å²) in [5.74, 6) is 4.30. The topological polar surface area (TPSA) is 317 Å². The quantitative estimate of drug-likeness (QED) is 0.0425. The second-order valence-electron chi connectivity index (χ2n) is 21.9. The van der Waals surface area contributed by atoms with Gasteiger partial charge in [0.1, 0.15) is 22.7 Å². The van der Waals surface area contributed by atoms with Crippen molar-refractivity contribution in [2.45, 2.75) is 44.3 Å². The minimum absolute atomic E-state index is 0.0250. The van der Waals surface area contributed by atoms with Gasteiger partial charge in [-0.3, -0.25) is 33.0 Å². The number of fused-ring (bicyclic) bond motifs is 4. The molecule has 4 aromatic carbocycles. The van der Waals surface area contributed by atoms with Gasteiger partial charge in [0, 0.05) is 77.2 Å². The van der Waals surface area contributed by atoms with E-state index in [2.05, 4.69) is 42.4 Å². The highest BCUT2D eigenvalue weighted by atomic mass is 32.2. The van der Waals surface area contributed by atoms with E-state index < -0.39 is 16.1 Å². The van der Waals surface area contributed by atoms with Gasteiger partial charge in [-0.25, -0.2) is 39.3 Å². The van der Waals surface area contributed by atoms with Crippen LogP contribution < -0.4 is 26.8 Å². The number of amides is 2. The van der Waals surface area contributed by atoms with Crippen molar-refractivity contribution in [2.75, 3.05) is 23.2 Å². The van der Waals surface area contributed by atoms with Gasteiger partial charge in [0.05, 0.1) is 41.1 Å². The number of aromatic nitrogens is 12.